The van der Waals surface area contributed by atoms with Gasteiger partial charge >= 0.3 is 5.97 Å². The maximum absolute atomic E-state index is 12.0. The molecule has 124 valence electrons. The Balaban J connectivity index is 2.36. The van der Waals surface area contributed by atoms with Gasteiger partial charge < -0.3 is 10.0 Å². The zero-order valence-corrected chi connectivity index (χ0v) is 12.5. The second-order valence-electron chi connectivity index (χ2n) is 5.17. The Morgan fingerprint density at radius 3 is 2.65 bits per heavy atom. The number of nitrogens with two attached hydrogens (primary N) is 1. The van der Waals surface area contributed by atoms with Crippen LogP contribution in [0.2, 0.25) is 0 Å². The van der Waals surface area contributed by atoms with Gasteiger partial charge in [-0.1, -0.05) is 0 Å². The lowest BCUT2D eigenvalue weighted by Crippen LogP contribution is -2.28. The van der Waals surface area contributed by atoms with Gasteiger partial charge in [-0.05, 0) is 12.1 Å². The quantitative estimate of drug-likeness (QED) is 0.558. The maximum Gasteiger partial charge on any atom is 0.335 e. The number of carbonyl (C=O) groups is 2. The number of carboxylic acid groups (broad SMARTS) is 1. The Kier molecular flexibility index (Phi) is 4.34. The van der Waals surface area contributed by atoms with Crippen molar-refractivity contribution in [1.29, 1.82) is 0 Å². The molecular weight excluding hydrogens is 330 g/mol. The van der Waals surface area contributed by atoms with Gasteiger partial charge in [0.05, 0.1) is 16.2 Å². The van der Waals surface area contributed by atoms with Gasteiger partial charge in [0.25, 0.3) is 5.69 Å². The van der Waals surface area contributed by atoms with Crippen LogP contribution in [0.1, 0.15) is 16.8 Å². The second kappa shape index (κ2) is 5.93. The molecule has 1 aromatic carbocycles. The first kappa shape index (κ1) is 16.8. The average molecular weight is 343 g/mol. The van der Waals surface area contributed by atoms with Crippen molar-refractivity contribution in [1.82, 2.24) is 0 Å². The molecular formula is C12H13N3O7S. The molecule has 0 aromatic heterocycles. The molecule has 2 rings (SSSR count). The predicted molar refractivity (Wildman–Crippen MR) is 78.5 cm³/mol. The number of benzene rings is 1. The Hall–Kier alpha value is -2.53. The molecule has 1 unspecified atom stereocenters. The lowest BCUT2D eigenvalue weighted by atomic mass is 10.1. The van der Waals surface area contributed by atoms with E-state index in [1.165, 1.54) is 6.07 Å². The van der Waals surface area contributed by atoms with Gasteiger partial charge in [0.1, 0.15) is 5.69 Å². The largest absolute Gasteiger partial charge is 0.478 e. The number of carboxylic acids is 1. The van der Waals surface area contributed by atoms with E-state index in [9.17, 15) is 28.1 Å². The van der Waals surface area contributed by atoms with Gasteiger partial charge in [-0.2, -0.15) is 0 Å². The molecule has 10 nitrogen and oxygen atoms in total. The van der Waals surface area contributed by atoms with E-state index in [-0.39, 0.29) is 24.2 Å². The third kappa shape index (κ3) is 3.81. The maximum atomic E-state index is 12.0. The van der Waals surface area contributed by atoms with E-state index in [0.29, 0.717) is 0 Å². The molecule has 23 heavy (non-hydrogen) atoms. The number of amides is 1. The van der Waals surface area contributed by atoms with Crippen molar-refractivity contribution in [2.75, 3.05) is 17.2 Å². The zero-order valence-electron chi connectivity index (χ0n) is 11.7. The van der Waals surface area contributed by atoms with E-state index in [4.69, 9.17) is 10.2 Å². The summed E-state index contributed by atoms with van der Waals surface area (Å²) >= 11 is 0. The van der Waals surface area contributed by atoms with Crippen LogP contribution in [-0.4, -0.2) is 42.6 Å². The summed E-state index contributed by atoms with van der Waals surface area (Å²) in [5, 5.41) is 25.0. The van der Waals surface area contributed by atoms with Crippen LogP contribution in [0, 0.1) is 16.0 Å². The van der Waals surface area contributed by atoms with E-state index in [1.807, 2.05) is 0 Å². The molecule has 3 N–H and O–H groups in total. The lowest BCUT2D eigenvalue weighted by molar-refractivity contribution is -0.384. The minimum Gasteiger partial charge on any atom is -0.478 e. The first-order valence-electron chi connectivity index (χ1n) is 6.41. The van der Waals surface area contributed by atoms with Crippen LogP contribution < -0.4 is 10.0 Å². The van der Waals surface area contributed by atoms with Gasteiger partial charge in [-0.3, -0.25) is 14.9 Å². The number of rotatable bonds is 5. The highest BCUT2D eigenvalue weighted by Gasteiger charge is 2.36. The van der Waals surface area contributed by atoms with E-state index in [2.05, 4.69) is 0 Å². The number of anilines is 1. The predicted octanol–water partition coefficient (Wildman–Crippen LogP) is -0.0656. The first-order chi connectivity index (χ1) is 10.6. The molecule has 0 saturated carbocycles. The summed E-state index contributed by atoms with van der Waals surface area (Å²) in [6, 6.07) is 3.17. The second-order valence-corrected chi connectivity index (χ2v) is 6.83. The minimum atomic E-state index is -3.77. The number of carbonyl (C=O) groups excluding carboxylic acids is 1. The molecule has 1 atom stereocenters. The van der Waals surface area contributed by atoms with Gasteiger partial charge in [-0.25, -0.2) is 18.4 Å². The molecule has 0 spiro atoms. The highest BCUT2D eigenvalue weighted by molar-refractivity contribution is 7.89. The van der Waals surface area contributed by atoms with Crippen molar-refractivity contribution in [3.63, 3.8) is 0 Å². The Labute approximate surface area is 130 Å². The summed E-state index contributed by atoms with van der Waals surface area (Å²) in [6.07, 6.45) is -0.103. The molecule has 1 saturated heterocycles. The summed E-state index contributed by atoms with van der Waals surface area (Å²) in [5.41, 5.74) is -0.885. The molecule has 1 aliphatic heterocycles. The molecule has 0 aliphatic carbocycles. The van der Waals surface area contributed by atoms with Gasteiger partial charge in [0, 0.05) is 24.9 Å². The number of primary sulfonamides is 1. The highest BCUT2D eigenvalue weighted by atomic mass is 32.2. The fourth-order valence-corrected chi connectivity index (χ4v) is 3.37. The Morgan fingerprint density at radius 2 is 2.13 bits per heavy atom. The fourth-order valence-electron chi connectivity index (χ4n) is 2.49. The average Bonchev–Trinajstić information content (AvgIpc) is 2.76. The van der Waals surface area contributed by atoms with Crippen molar-refractivity contribution in [3.8, 4) is 0 Å². The summed E-state index contributed by atoms with van der Waals surface area (Å²) in [7, 11) is -3.77. The van der Waals surface area contributed by atoms with Crippen LogP contribution in [0.25, 0.3) is 0 Å². The Bertz CT molecular complexity index is 790. The number of hydrogen-bond donors (Lipinski definition) is 2. The van der Waals surface area contributed by atoms with Crippen LogP contribution >= 0.6 is 0 Å². The summed E-state index contributed by atoms with van der Waals surface area (Å²) in [5.74, 6) is -2.79. The first-order valence-corrected chi connectivity index (χ1v) is 8.12. The number of nitro benzene ring substituents is 1. The van der Waals surface area contributed by atoms with Gasteiger partial charge in [0.2, 0.25) is 15.9 Å². The van der Waals surface area contributed by atoms with Crippen LogP contribution in [0.3, 0.4) is 0 Å². The van der Waals surface area contributed by atoms with E-state index in [0.717, 1.165) is 17.0 Å². The van der Waals surface area contributed by atoms with E-state index >= 15 is 0 Å². The summed E-state index contributed by atoms with van der Waals surface area (Å²) < 4.78 is 22.2. The SMILES string of the molecule is NS(=O)(=O)CC1CC(=O)N(c2ccc(C(=O)O)cc2[N+](=O)[O-])C1. The molecule has 1 fully saturated rings. The third-order valence-corrected chi connectivity index (χ3v) is 4.32. The van der Waals surface area contributed by atoms with Crippen molar-refractivity contribution in [2.24, 2.45) is 11.1 Å². The van der Waals surface area contributed by atoms with Crippen LogP contribution in [0.4, 0.5) is 11.4 Å². The van der Waals surface area contributed by atoms with Crippen LogP contribution in [-0.2, 0) is 14.8 Å². The Morgan fingerprint density at radius 1 is 1.48 bits per heavy atom. The van der Waals surface area contributed by atoms with Crippen molar-refractivity contribution in [3.05, 3.63) is 33.9 Å². The highest BCUT2D eigenvalue weighted by Crippen LogP contribution is 2.34. The van der Waals surface area contributed by atoms with Crippen molar-refractivity contribution in [2.45, 2.75) is 6.42 Å². The third-order valence-electron chi connectivity index (χ3n) is 3.38. The van der Waals surface area contributed by atoms with E-state index in [1.54, 1.807) is 0 Å². The molecule has 1 amide bonds. The number of nitrogens with zero attached hydrogens (tertiary/aromatic N) is 2. The topological polar surface area (TPSA) is 161 Å². The number of hydrogen-bond acceptors (Lipinski definition) is 6. The smallest absolute Gasteiger partial charge is 0.335 e. The molecule has 1 aromatic rings. The molecule has 1 aliphatic rings. The number of aromatic carboxylic acids is 1. The van der Waals surface area contributed by atoms with Gasteiger partial charge in [0.15, 0.2) is 0 Å². The summed E-state index contributed by atoms with van der Waals surface area (Å²) in [4.78, 5) is 34.3. The minimum absolute atomic E-state index is 0.0392. The molecule has 0 radical (unpaired) electrons. The fraction of sp³-hybridized carbons (Fsp3) is 0.333. The zero-order chi connectivity index (χ0) is 17.4. The van der Waals surface area contributed by atoms with Crippen molar-refractivity contribution >= 4 is 33.3 Å². The van der Waals surface area contributed by atoms with Crippen LogP contribution in [0.15, 0.2) is 18.2 Å². The van der Waals surface area contributed by atoms with Crippen LogP contribution in [0.5, 0.6) is 0 Å². The van der Waals surface area contributed by atoms with Gasteiger partial charge in [-0.15, -0.1) is 0 Å². The monoisotopic (exact) mass is 343 g/mol. The number of sulfonamides is 1. The molecule has 1 heterocycles. The molecule has 0 bridgehead atoms. The standard InChI is InChI=1S/C12H13N3O7S/c13-23(21,22)6-7-3-11(16)14(5-7)9-2-1-8(12(17)18)4-10(9)15(19)20/h1-2,4,7H,3,5-6H2,(H,17,18)(H2,13,21,22). The van der Waals surface area contributed by atoms with E-state index < -0.39 is 44.2 Å². The normalized spacial score (nSPS) is 18.2. The number of nitro groups is 1. The van der Waals surface area contributed by atoms with Crippen molar-refractivity contribution < 1.29 is 28.0 Å². The lowest BCUT2D eigenvalue weighted by Gasteiger charge is -2.17. The molecule has 11 heteroatoms. The summed E-state index contributed by atoms with van der Waals surface area (Å²) in [6.45, 7) is -0.0392.